The number of nitrogens with one attached hydrogen (secondary N) is 1. The zero-order chi connectivity index (χ0) is 17.2. The fraction of sp³-hybridized carbons (Fsp3) is 0.467. The van der Waals surface area contributed by atoms with Crippen LogP contribution >= 0.6 is 11.6 Å². The lowest BCUT2D eigenvalue weighted by molar-refractivity contribution is -0.0160. The van der Waals surface area contributed by atoms with Gasteiger partial charge in [-0.1, -0.05) is 11.6 Å². The molecule has 0 aromatic heterocycles. The Balaban J connectivity index is 2.13. The molecule has 0 atom stereocenters. The molecule has 23 heavy (non-hydrogen) atoms. The van der Waals surface area contributed by atoms with E-state index in [4.69, 9.17) is 26.6 Å². The highest BCUT2D eigenvalue weighted by Gasteiger charge is 2.44. The maximum Gasteiger partial charge on any atom is 0.337 e. The van der Waals surface area contributed by atoms with Crippen molar-refractivity contribution in [2.24, 2.45) is 5.92 Å². The molecule has 0 bridgehead atoms. The Kier molecular flexibility index (Phi) is 5.11. The SMILES string of the molecule is COc1cc(C(=O)O)c(Cl)c(C(=O)NCC2(F)CC(CO)C2)c1. The lowest BCUT2D eigenvalue weighted by Crippen LogP contribution is -2.49. The lowest BCUT2D eigenvalue weighted by Gasteiger charge is -2.40. The third kappa shape index (κ3) is 3.73. The van der Waals surface area contributed by atoms with Gasteiger partial charge >= 0.3 is 5.97 Å². The van der Waals surface area contributed by atoms with Crippen LogP contribution in [-0.2, 0) is 0 Å². The van der Waals surface area contributed by atoms with Crippen LogP contribution in [0.3, 0.4) is 0 Å². The Morgan fingerprint density at radius 1 is 1.43 bits per heavy atom. The summed E-state index contributed by atoms with van der Waals surface area (Å²) in [5.74, 6) is -1.90. The number of aliphatic hydroxyl groups excluding tert-OH is 1. The fourth-order valence-corrected chi connectivity index (χ4v) is 2.89. The van der Waals surface area contributed by atoms with Crippen molar-refractivity contribution in [3.05, 3.63) is 28.3 Å². The van der Waals surface area contributed by atoms with E-state index in [9.17, 15) is 14.0 Å². The molecule has 0 saturated heterocycles. The largest absolute Gasteiger partial charge is 0.497 e. The summed E-state index contributed by atoms with van der Waals surface area (Å²) in [5, 5.41) is 20.2. The van der Waals surface area contributed by atoms with Gasteiger partial charge < -0.3 is 20.3 Å². The number of carboxylic acids is 1. The summed E-state index contributed by atoms with van der Waals surface area (Å²) in [4.78, 5) is 23.3. The molecule has 6 nitrogen and oxygen atoms in total. The molecule has 1 aromatic rings. The first-order chi connectivity index (χ1) is 10.8. The molecule has 0 unspecified atom stereocenters. The van der Waals surface area contributed by atoms with Gasteiger partial charge in [0.2, 0.25) is 0 Å². The predicted molar refractivity (Wildman–Crippen MR) is 80.9 cm³/mol. The highest BCUT2D eigenvalue weighted by atomic mass is 35.5. The predicted octanol–water partition coefficient (Wildman–Crippen LogP) is 1.89. The van der Waals surface area contributed by atoms with Crippen molar-refractivity contribution >= 4 is 23.5 Å². The number of benzene rings is 1. The van der Waals surface area contributed by atoms with Gasteiger partial charge in [-0.05, 0) is 30.9 Å². The van der Waals surface area contributed by atoms with E-state index < -0.39 is 17.5 Å². The van der Waals surface area contributed by atoms with E-state index in [0.717, 1.165) is 0 Å². The van der Waals surface area contributed by atoms with Crippen LogP contribution in [0.1, 0.15) is 33.6 Å². The van der Waals surface area contributed by atoms with Crippen LogP contribution in [-0.4, -0.2) is 48.0 Å². The number of carbonyl (C=O) groups excluding carboxylic acids is 1. The molecular weight excluding hydrogens is 329 g/mol. The van der Waals surface area contributed by atoms with Gasteiger partial charge in [-0.25, -0.2) is 9.18 Å². The van der Waals surface area contributed by atoms with E-state index in [1.54, 1.807) is 0 Å². The van der Waals surface area contributed by atoms with Crippen molar-refractivity contribution in [2.45, 2.75) is 18.5 Å². The second-order valence-electron chi connectivity index (χ2n) is 5.63. The molecule has 0 radical (unpaired) electrons. The van der Waals surface area contributed by atoms with Gasteiger partial charge in [0.1, 0.15) is 11.4 Å². The number of ether oxygens (including phenoxy) is 1. The number of carbonyl (C=O) groups is 2. The second kappa shape index (κ2) is 6.72. The summed E-state index contributed by atoms with van der Waals surface area (Å²) < 4.78 is 19.1. The Hall–Kier alpha value is -1.86. The number of carboxylic acid groups (broad SMARTS) is 1. The van der Waals surface area contributed by atoms with E-state index in [0.29, 0.717) is 0 Å². The van der Waals surface area contributed by atoms with Gasteiger partial charge in [-0.15, -0.1) is 0 Å². The average molecular weight is 346 g/mol. The number of hydrogen-bond acceptors (Lipinski definition) is 4. The number of aromatic carboxylic acids is 1. The number of aliphatic hydroxyl groups is 1. The number of hydrogen-bond donors (Lipinski definition) is 3. The minimum Gasteiger partial charge on any atom is -0.497 e. The van der Waals surface area contributed by atoms with Gasteiger partial charge in [0.15, 0.2) is 0 Å². The van der Waals surface area contributed by atoms with Gasteiger partial charge in [-0.3, -0.25) is 4.79 Å². The first-order valence-electron chi connectivity index (χ1n) is 6.98. The molecule has 2 rings (SSSR count). The van der Waals surface area contributed by atoms with Crippen molar-refractivity contribution in [1.29, 1.82) is 0 Å². The van der Waals surface area contributed by atoms with Crippen LogP contribution in [0, 0.1) is 5.92 Å². The summed E-state index contributed by atoms with van der Waals surface area (Å²) in [6.07, 6.45) is 0.353. The van der Waals surface area contributed by atoms with E-state index in [1.807, 2.05) is 0 Å². The quantitative estimate of drug-likeness (QED) is 0.731. The number of halogens is 2. The first kappa shape index (κ1) is 17.5. The number of amides is 1. The highest BCUT2D eigenvalue weighted by Crippen LogP contribution is 2.40. The minimum atomic E-state index is -1.55. The van der Waals surface area contributed by atoms with Crippen molar-refractivity contribution < 1.29 is 28.9 Å². The molecule has 0 spiro atoms. The Morgan fingerprint density at radius 3 is 2.57 bits per heavy atom. The van der Waals surface area contributed by atoms with E-state index in [2.05, 4.69) is 5.32 Å². The average Bonchev–Trinajstić information content (AvgIpc) is 2.49. The summed E-state index contributed by atoms with van der Waals surface area (Å²) >= 11 is 5.95. The summed E-state index contributed by atoms with van der Waals surface area (Å²) in [6, 6.07) is 2.50. The Morgan fingerprint density at radius 2 is 2.04 bits per heavy atom. The summed E-state index contributed by atoms with van der Waals surface area (Å²) in [6.45, 7) is -0.304. The maximum absolute atomic E-state index is 14.2. The summed E-state index contributed by atoms with van der Waals surface area (Å²) in [5.41, 5.74) is -1.91. The Labute approximate surface area is 137 Å². The Bertz CT molecular complexity index is 631. The molecule has 1 aliphatic rings. The third-order valence-electron chi connectivity index (χ3n) is 3.89. The molecule has 1 fully saturated rings. The van der Waals surface area contributed by atoms with Crippen LogP contribution in [0.5, 0.6) is 5.75 Å². The van der Waals surface area contributed by atoms with Crippen LogP contribution in [0.15, 0.2) is 12.1 Å². The van der Waals surface area contributed by atoms with Crippen LogP contribution in [0.2, 0.25) is 5.02 Å². The van der Waals surface area contributed by atoms with E-state index >= 15 is 0 Å². The van der Waals surface area contributed by atoms with Crippen molar-refractivity contribution in [3.63, 3.8) is 0 Å². The molecule has 1 amide bonds. The van der Waals surface area contributed by atoms with Crippen molar-refractivity contribution in [3.8, 4) is 5.75 Å². The molecule has 8 heteroatoms. The van der Waals surface area contributed by atoms with Crippen LogP contribution in [0.4, 0.5) is 4.39 Å². The standard InChI is InChI=1S/C15H17ClFNO5/c1-23-9-2-10(12(16)11(3-9)14(21)22)13(20)18-7-15(17)4-8(5-15)6-19/h2-3,8,19H,4-7H2,1H3,(H,18,20)(H,21,22). The fourth-order valence-electron chi connectivity index (χ4n) is 2.62. The van der Waals surface area contributed by atoms with Gasteiger partial charge in [0.25, 0.3) is 5.91 Å². The molecule has 0 heterocycles. The van der Waals surface area contributed by atoms with Crippen LogP contribution in [0.25, 0.3) is 0 Å². The van der Waals surface area contributed by atoms with E-state index in [-0.39, 0.29) is 53.8 Å². The number of rotatable bonds is 6. The minimum absolute atomic E-state index is 0.0801. The molecule has 126 valence electrons. The topological polar surface area (TPSA) is 95.9 Å². The van der Waals surface area contributed by atoms with Gasteiger partial charge in [0.05, 0.1) is 29.8 Å². The van der Waals surface area contributed by atoms with Crippen LogP contribution < -0.4 is 10.1 Å². The summed E-state index contributed by atoms with van der Waals surface area (Å²) in [7, 11) is 1.33. The third-order valence-corrected chi connectivity index (χ3v) is 4.30. The second-order valence-corrected chi connectivity index (χ2v) is 6.01. The first-order valence-corrected chi connectivity index (χ1v) is 7.36. The van der Waals surface area contributed by atoms with Crippen molar-refractivity contribution in [1.82, 2.24) is 5.32 Å². The highest BCUT2D eigenvalue weighted by molar-refractivity contribution is 6.36. The van der Waals surface area contributed by atoms with Gasteiger partial charge in [-0.2, -0.15) is 0 Å². The normalized spacial score (nSPS) is 23.0. The molecule has 0 aliphatic heterocycles. The smallest absolute Gasteiger partial charge is 0.337 e. The molecule has 1 aromatic carbocycles. The molecular formula is C15H17ClFNO5. The molecule has 1 saturated carbocycles. The lowest BCUT2D eigenvalue weighted by atomic mass is 9.72. The maximum atomic E-state index is 14.2. The van der Waals surface area contributed by atoms with Crippen molar-refractivity contribution in [2.75, 3.05) is 20.3 Å². The molecule has 1 aliphatic carbocycles. The molecule has 3 N–H and O–H groups in total. The zero-order valence-electron chi connectivity index (χ0n) is 12.4. The number of methoxy groups -OCH3 is 1. The number of alkyl halides is 1. The van der Waals surface area contributed by atoms with Gasteiger partial charge in [0, 0.05) is 6.61 Å². The van der Waals surface area contributed by atoms with E-state index in [1.165, 1.54) is 19.2 Å². The zero-order valence-corrected chi connectivity index (χ0v) is 13.2. The monoisotopic (exact) mass is 345 g/mol.